The molecule has 0 saturated carbocycles. The SMILES string of the molecule is CCC(CCC(=O)OC)(c1ccc(Cl)cc1)n1ncc2c(NS(C)(=O)=O)cccc21. The van der Waals surface area contributed by atoms with Gasteiger partial charge >= 0.3 is 5.97 Å². The summed E-state index contributed by atoms with van der Waals surface area (Å²) < 4.78 is 32.8. The summed E-state index contributed by atoms with van der Waals surface area (Å²) in [7, 11) is -2.08. The Balaban J connectivity index is 2.20. The summed E-state index contributed by atoms with van der Waals surface area (Å²) in [5.74, 6) is -0.308. The van der Waals surface area contributed by atoms with Gasteiger partial charge in [-0.2, -0.15) is 5.10 Å². The Morgan fingerprint density at radius 2 is 1.93 bits per heavy atom. The number of sulfonamides is 1. The molecule has 0 aliphatic rings. The van der Waals surface area contributed by atoms with Crippen LogP contribution >= 0.6 is 11.6 Å². The fraction of sp³-hybridized carbons (Fsp3) is 0.333. The van der Waals surface area contributed by atoms with Gasteiger partial charge in [0, 0.05) is 16.8 Å². The number of benzene rings is 2. The third-order valence-corrected chi connectivity index (χ3v) is 6.09. The number of carbonyl (C=O) groups excluding carboxylic acids is 1. The molecular formula is C21H24ClN3O4S. The molecule has 1 heterocycles. The zero-order valence-electron chi connectivity index (χ0n) is 17.1. The standard InChI is InChI=1S/C21H24ClN3O4S/c1-4-21(13-12-20(26)29-2,15-8-10-16(22)11-9-15)25-19-7-5-6-18(17(19)14-23-25)24-30(3,27)28/h5-11,14,24H,4,12-13H2,1-3H3. The van der Waals surface area contributed by atoms with E-state index in [1.807, 2.05) is 41.9 Å². The van der Waals surface area contributed by atoms with E-state index in [1.54, 1.807) is 18.3 Å². The Bertz CT molecular complexity index is 1160. The van der Waals surface area contributed by atoms with Crippen molar-refractivity contribution in [2.24, 2.45) is 0 Å². The molecule has 0 amide bonds. The van der Waals surface area contributed by atoms with Gasteiger partial charge in [-0.05, 0) is 42.7 Å². The van der Waals surface area contributed by atoms with Crippen LogP contribution in [-0.2, 0) is 25.1 Å². The van der Waals surface area contributed by atoms with Crippen molar-refractivity contribution in [3.8, 4) is 0 Å². The van der Waals surface area contributed by atoms with Crippen LogP contribution in [-0.4, -0.2) is 37.5 Å². The lowest BCUT2D eigenvalue weighted by atomic mass is 9.82. The maximum absolute atomic E-state index is 12.0. The number of anilines is 1. The molecule has 30 heavy (non-hydrogen) atoms. The summed E-state index contributed by atoms with van der Waals surface area (Å²) in [5.41, 5.74) is 1.51. The van der Waals surface area contributed by atoms with Crippen molar-refractivity contribution in [2.45, 2.75) is 31.7 Å². The first-order valence-electron chi connectivity index (χ1n) is 9.48. The number of halogens is 1. The lowest BCUT2D eigenvalue weighted by molar-refractivity contribution is -0.141. The van der Waals surface area contributed by atoms with Crippen LogP contribution in [0.15, 0.2) is 48.7 Å². The van der Waals surface area contributed by atoms with Gasteiger partial charge in [0.05, 0.1) is 36.3 Å². The molecule has 160 valence electrons. The highest BCUT2D eigenvalue weighted by Gasteiger charge is 2.35. The summed E-state index contributed by atoms with van der Waals surface area (Å²) in [5, 5.41) is 5.92. The minimum absolute atomic E-state index is 0.204. The Kier molecular flexibility index (Phi) is 6.38. The molecule has 0 aliphatic heterocycles. The summed E-state index contributed by atoms with van der Waals surface area (Å²) >= 11 is 6.10. The maximum atomic E-state index is 12.0. The highest BCUT2D eigenvalue weighted by Crippen LogP contribution is 2.38. The molecule has 0 spiro atoms. The first-order valence-corrected chi connectivity index (χ1v) is 11.7. The van der Waals surface area contributed by atoms with Crippen LogP contribution in [0.1, 0.15) is 31.7 Å². The predicted octanol–water partition coefficient (Wildman–Crippen LogP) is 4.17. The zero-order chi connectivity index (χ0) is 21.9. The number of hydrogen-bond donors (Lipinski definition) is 1. The minimum Gasteiger partial charge on any atom is -0.469 e. The zero-order valence-corrected chi connectivity index (χ0v) is 18.6. The second kappa shape index (κ2) is 8.65. The predicted molar refractivity (Wildman–Crippen MR) is 118 cm³/mol. The van der Waals surface area contributed by atoms with Crippen molar-refractivity contribution >= 4 is 44.2 Å². The highest BCUT2D eigenvalue weighted by atomic mass is 35.5. The molecule has 9 heteroatoms. The quantitative estimate of drug-likeness (QED) is 0.521. The van der Waals surface area contributed by atoms with Crippen LogP contribution < -0.4 is 4.72 Å². The van der Waals surface area contributed by atoms with E-state index < -0.39 is 15.6 Å². The van der Waals surface area contributed by atoms with Crippen LogP contribution in [0, 0.1) is 0 Å². The number of carbonyl (C=O) groups is 1. The number of fused-ring (bicyclic) bond motifs is 1. The van der Waals surface area contributed by atoms with Crippen molar-refractivity contribution in [3.63, 3.8) is 0 Å². The number of nitrogens with zero attached hydrogens (tertiary/aromatic N) is 2. The molecule has 3 rings (SSSR count). The van der Waals surface area contributed by atoms with Crippen LogP contribution in [0.2, 0.25) is 5.02 Å². The molecule has 0 fully saturated rings. The minimum atomic E-state index is -3.45. The number of rotatable bonds is 8. The summed E-state index contributed by atoms with van der Waals surface area (Å²) in [4.78, 5) is 12.0. The summed E-state index contributed by atoms with van der Waals surface area (Å²) in [6.07, 6.45) is 4.05. The van der Waals surface area contributed by atoms with Gasteiger partial charge in [0.25, 0.3) is 0 Å². The first kappa shape index (κ1) is 22.1. The van der Waals surface area contributed by atoms with E-state index in [0.717, 1.165) is 17.3 Å². The Morgan fingerprint density at radius 3 is 2.53 bits per heavy atom. The highest BCUT2D eigenvalue weighted by molar-refractivity contribution is 7.92. The van der Waals surface area contributed by atoms with E-state index in [2.05, 4.69) is 9.82 Å². The smallest absolute Gasteiger partial charge is 0.305 e. The Hall–Kier alpha value is -2.58. The van der Waals surface area contributed by atoms with Gasteiger partial charge in [-0.25, -0.2) is 8.42 Å². The normalized spacial score (nSPS) is 13.7. The van der Waals surface area contributed by atoms with Crippen molar-refractivity contribution in [1.29, 1.82) is 0 Å². The van der Waals surface area contributed by atoms with E-state index in [-0.39, 0.29) is 12.4 Å². The average Bonchev–Trinajstić information content (AvgIpc) is 3.14. The van der Waals surface area contributed by atoms with E-state index in [9.17, 15) is 13.2 Å². The summed E-state index contributed by atoms with van der Waals surface area (Å²) in [6.45, 7) is 2.03. The molecule has 1 N–H and O–H groups in total. The molecule has 1 atom stereocenters. The van der Waals surface area contributed by atoms with Gasteiger partial charge in [0.2, 0.25) is 10.0 Å². The van der Waals surface area contributed by atoms with E-state index >= 15 is 0 Å². The molecule has 7 nitrogen and oxygen atoms in total. The van der Waals surface area contributed by atoms with E-state index in [4.69, 9.17) is 16.3 Å². The van der Waals surface area contributed by atoms with Gasteiger partial charge < -0.3 is 4.74 Å². The van der Waals surface area contributed by atoms with Crippen molar-refractivity contribution < 1.29 is 17.9 Å². The molecule has 2 aromatic carbocycles. The maximum Gasteiger partial charge on any atom is 0.305 e. The third kappa shape index (κ3) is 4.44. The van der Waals surface area contributed by atoms with Gasteiger partial charge in [-0.3, -0.25) is 14.2 Å². The number of methoxy groups -OCH3 is 1. The van der Waals surface area contributed by atoms with Crippen molar-refractivity contribution in [3.05, 3.63) is 59.2 Å². The third-order valence-electron chi connectivity index (χ3n) is 5.25. The number of aromatic nitrogens is 2. The Morgan fingerprint density at radius 1 is 1.23 bits per heavy atom. The molecule has 0 radical (unpaired) electrons. The molecule has 1 unspecified atom stereocenters. The fourth-order valence-corrected chi connectivity index (χ4v) is 4.46. The topological polar surface area (TPSA) is 90.3 Å². The van der Waals surface area contributed by atoms with E-state index in [1.165, 1.54) is 7.11 Å². The molecule has 0 saturated heterocycles. The van der Waals surface area contributed by atoms with Crippen molar-refractivity contribution in [2.75, 3.05) is 18.1 Å². The number of esters is 1. The van der Waals surface area contributed by atoms with Gasteiger partial charge in [0.15, 0.2) is 0 Å². The second-order valence-corrected chi connectivity index (χ2v) is 9.32. The van der Waals surface area contributed by atoms with Crippen LogP contribution in [0.3, 0.4) is 0 Å². The van der Waals surface area contributed by atoms with Crippen LogP contribution in [0.4, 0.5) is 5.69 Å². The molecular weight excluding hydrogens is 426 g/mol. The second-order valence-electron chi connectivity index (χ2n) is 7.14. The lowest BCUT2D eigenvalue weighted by Crippen LogP contribution is -2.36. The van der Waals surface area contributed by atoms with Gasteiger partial charge in [0.1, 0.15) is 0 Å². The van der Waals surface area contributed by atoms with Gasteiger partial charge in [-0.15, -0.1) is 0 Å². The molecule has 0 aliphatic carbocycles. The molecule has 0 bridgehead atoms. The van der Waals surface area contributed by atoms with E-state index in [0.29, 0.717) is 28.9 Å². The summed E-state index contributed by atoms with van der Waals surface area (Å²) in [6, 6.07) is 12.8. The van der Waals surface area contributed by atoms with Gasteiger partial charge in [-0.1, -0.05) is 36.7 Å². The lowest BCUT2D eigenvalue weighted by Gasteiger charge is -2.34. The fourth-order valence-electron chi connectivity index (χ4n) is 3.76. The monoisotopic (exact) mass is 449 g/mol. The molecule has 3 aromatic rings. The first-order chi connectivity index (χ1) is 14.2. The number of nitrogens with one attached hydrogen (secondary N) is 1. The number of ether oxygens (including phenoxy) is 1. The van der Waals surface area contributed by atoms with Crippen LogP contribution in [0.5, 0.6) is 0 Å². The van der Waals surface area contributed by atoms with Crippen molar-refractivity contribution in [1.82, 2.24) is 9.78 Å². The number of hydrogen-bond acceptors (Lipinski definition) is 5. The average molecular weight is 450 g/mol. The molecule has 1 aromatic heterocycles. The Labute approximate surface area is 181 Å². The largest absolute Gasteiger partial charge is 0.469 e. The van der Waals surface area contributed by atoms with Crippen LogP contribution in [0.25, 0.3) is 10.9 Å².